The number of carbonyl (C=O) groups is 1. The molecule has 1 aliphatic heterocycles. The summed E-state index contributed by atoms with van der Waals surface area (Å²) in [7, 11) is 1.63. The molecule has 0 unspecified atom stereocenters. The number of carbonyl (C=O) groups excluding carboxylic acids is 1. The molecule has 1 saturated heterocycles. The van der Waals surface area contributed by atoms with Gasteiger partial charge in [0.2, 0.25) is 0 Å². The second-order valence-corrected chi connectivity index (χ2v) is 8.57. The third kappa shape index (κ3) is 6.45. The van der Waals surface area contributed by atoms with Crippen molar-refractivity contribution in [2.75, 3.05) is 44.7 Å². The van der Waals surface area contributed by atoms with Crippen LogP contribution in [0.5, 0.6) is 11.5 Å². The molecule has 1 fully saturated rings. The Balaban J connectivity index is 1.33. The van der Waals surface area contributed by atoms with Gasteiger partial charge in [0.1, 0.15) is 18.0 Å². The van der Waals surface area contributed by atoms with Crippen LogP contribution in [0.15, 0.2) is 60.9 Å². The van der Waals surface area contributed by atoms with Crippen molar-refractivity contribution in [1.29, 1.82) is 0 Å². The highest BCUT2D eigenvalue weighted by Crippen LogP contribution is 2.29. The Morgan fingerprint density at radius 3 is 2.39 bits per heavy atom. The summed E-state index contributed by atoms with van der Waals surface area (Å²) >= 11 is 0. The van der Waals surface area contributed by atoms with Crippen LogP contribution >= 0.6 is 0 Å². The quantitative estimate of drug-likeness (QED) is 0.509. The Morgan fingerprint density at radius 1 is 1.03 bits per heavy atom. The highest BCUT2D eigenvalue weighted by atomic mass is 19.4. The number of methoxy groups -OCH3 is 1. The lowest BCUT2D eigenvalue weighted by Crippen LogP contribution is -2.46. The topological polar surface area (TPSA) is 77.9 Å². The molecule has 4 rings (SSSR count). The lowest BCUT2D eigenvalue weighted by atomic mass is 10.0. The van der Waals surface area contributed by atoms with Crippen molar-refractivity contribution in [2.45, 2.75) is 12.7 Å². The predicted molar refractivity (Wildman–Crippen MR) is 130 cm³/mol. The van der Waals surface area contributed by atoms with Gasteiger partial charge in [0, 0.05) is 61.3 Å². The minimum Gasteiger partial charge on any atom is -0.506 e. The molecule has 2 aromatic carbocycles. The molecule has 0 bridgehead atoms. The van der Waals surface area contributed by atoms with E-state index >= 15 is 0 Å². The molecule has 1 aliphatic rings. The number of nitrogens with zero attached hydrogens (tertiary/aromatic N) is 3. The van der Waals surface area contributed by atoms with Crippen molar-refractivity contribution in [3.8, 4) is 22.6 Å². The average Bonchev–Trinajstić information content (AvgIpc) is 2.87. The molecule has 36 heavy (non-hydrogen) atoms. The number of alkyl halides is 3. The Bertz CT molecular complexity index is 1190. The Kier molecular flexibility index (Phi) is 7.64. The number of benzene rings is 2. The molecule has 7 nitrogen and oxygen atoms in total. The molecule has 2 heterocycles. The lowest BCUT2D eigenvalue weighted by molar-refractivity contribution is -0.123. The van der Waals surface area contributed by atoms with E-state index in [9.17, 15) is 23.1 Å². The lowest BCUT2D eigenvalue weighted by Gasteiger charge is -2.36. The monoisotopic (exact) mass is 500 g/mol. The van der Waals surface area contributed by atoms with Crippen LogP contribution in [0.25, 0.3) is 11.1 Å². The van der Waals surface area contributed by atoms with Crippen LogP contribution in [-0.4, -0.2) is 66.9 Å². The number of hydrogen-bond donors (Lipinski definition) is 2. The first kappa shape index (κ1) is 25.3. The van der Waals surface area contributed by atoms with Gasteiger partial charge in [0.25, 0.3) is 5.91 Å². The second-order valence-electron chi connectivity index (χ2n) is 8.57. The predicted octanol–water partition coefficient (Wildman–Crippen LogP) is 4.08. The van der Waals surface area contributed by atoms with Gasteiger partial charge < -0.3 is 20.1 Å². The number of hydrogen-bond acceptors (Lipinski definition) is 6. The molecule has 1 amide bonds. The third-order valence-electron chi connectivity index (χ3n) is 6.05. The molecular formula is C26H27F3N4O3. The maximum atomic E-state index is 12.3. The molecule has 3 aromatic rings. The van der Waals surface area contributed by atoms with Crippen LogP contribution < -0.4 is 15.0 Å². The molecule has 0 radical (unpaired) electrons. The van der Waals surface area contributed by atoms with E-state index in [2.05, 4.69) is 14.8 Å². The summed E-state index contributed by atoms with van der Waals surface area (Å²) in [6, 6.07) is 14.2. The van der Waals surface area contributed by atoms with Gasteiger partial charge in [-0.15, -0.1) is 0 Å². The van der Waals surface area contributed by atoms with Gasteiger partial charge in [-0.25, -0.2) is 0 Å². The number of piperazine rings is 1. The van der Waals surface area contributed by atoms with E-state index in [-0.39, 0.29) is 11.3 Å². The van der Waals surface area contributed by atoms with Gasteiger partial charge in [0.05, 0.1) is 13.3 Å². The van der Waals surface area contributed by atoms with Crippen molar-refractivity contribution >= 4 is 11.6 Å². The summed E-state index contributed by atoms with van der Waals surface area (Å²) in [6.45, 7) is 2.54. The molecule has 0 aliphatic carbocycles. The Hall–Kier alpha value is -3.79. The van der Waals surface area contributed by atoms with E-state index in [1.807, 2.05) is 23.5 Å². The Labute approximate surface area is 207 Å². The number of pyridine rings is 1. The molecule has 0 spiro atoms. The summed E-state index contributed by atoms with van der Waals surface area (Å²) in [4.78, 5) is 20.4. The number of nitrogens with one attached hydrogen (secondary N) is 1. The molecule has 1 aromatic heterocycles. The van der Waals surface area contributed by atoms with Crippen LogP contribution in [-0.2, 0) is 6.54 Å². The SMILES string of the molecule is COc1cc(-c2cncc(O)c2)ccc1CN1CCN(c2ccc(C(=O)NCC(F)(F)F)cc2)CC1. The van der Waals surface area contributed by atoms with Crippen LogP contribution in [0.4, 0.5) is 18.9 Å². The molecule has 0 saturated carbocycles. The highest BCUT2D eigenvalue weighted by molar-refractivity contribution is 5.94. The first-order chi connectivity index (χ1) is 17.2. The van der Waals surface area contributed by atoms with Crippen molar-refractivity contribution in [3.05, 3.63) is 72.1 Å². The smallest absolute Gasteiger partial charge is 0.405 e. The Morgan fingerprint density at radius 2 is 1.75 bits per heavy atom. The van der Waals surface area contributed by atoms with Crippen LogP contribution in [0.2, 0.25) is 0 Å². The molecule has 0 atom stereocenters. The van der Waals surface area contributed by atoms with E-state index in [0.717, 1.165) is 54.3 Å². The van der Waals surface area contributed by atoms with Gasteiger partial charge in [0.15, 0.2) is 0 Å². The zero-order valence-corrected chi connectivity index (χ0v) is 19.8. The average molecular weight is 501 g/mol. The maximum absolute atomic E-state index is 12.3. The number of ether oxygens (including phenoxy) is 1. The van der Waals surface area contributed by atoms with E-state index in [0.29, 0.717) is 6.54 Å². The van der Waals surface area contributed by atoms with E-state index in [1.54, 1.807) is 43.6 Å². The largest absolute Gasteiger partial charge is 0.506 e. The van der Waals surface area contributed by atoms with Gasteiger partial charge >= 0.3 is 6.18 Å². The zero-order valence-electron chi connectivity index (χ0n) is 19.8. The normalized spacial score (nSPS) is 14.5. The summed E-state index contributed by atoms with van der Waals surface area (Å²) in [5.41, 5.74) is 3.87. The standard InChI is InChI=1S/C26H27F3N4O3/c1-36-24-13-19(21-12-23(34)15-30-14-21)2-3-20(24)16-32-8-10-33(11-9-32)22-6-4-18(5-7-22)25(35)31-17-26(27,28)29/h2-7,12-15,34H,8-11,16-17H2,1H3,(H,31,35). The van der Waals surface area contributed by atoms with Crippen LogP contribution in [0.3, 0.4) is 0 Å². The summed E-state index contributed by atoms with van der Waals surface area (Å²) in [5, 5.41) is 11.6. The highest BCUT2D eigenvalue weighted by Gasteiger charge is 2.28. The molecule has 2 N–H and O–H groups in total. The fourth-order valence-electron chi connectivity index (χ4n) is 4.15. The van der Waals surface area contributed by atoms with Gasteiger partial charge in [-0.1, -0.05) is 12.1 Å². The van der Waals surface area contributed by atoms with E-state index < -0.39 is 18.6 Å². The fourth-order valence-corrected chi connectivity index (χ4v) is 4.15. The fraction of sp³-hybridized carbons (Fsp3) is 0.308. The van der Waals surface area contributed by atoms with Crippen molar-refractivity contribution < 1.29 is 27.8 Å². The number of aromatic nitrogens is 1. The minimum atomic E-state index is -4.44. The maximum Gasteiger partial charge on any atom is 0.405 e. The van der Waals surface area contributed by atoms with E-state index in [4.69, 9.17) is 4.74 Å². The van der Waals surface area contributed by atoms with Gasteiger partial charge in [-0.2, -0.15) is 13.2 Å². The van der Waals surface area contributed by atoms with Crippen molar-refractivity contribution in [1.82, 2.24) is 15.2 Å². The van der Waals surface area contributed by atoms with Crippen LogP contribution in [0.1, 0.15) is 15.9 Å². The van der Waals surface area contributed by atoms with E-state index in [1.165, 1.54) is 6.20 Å². The molecular weight excluding hydrogens is 473 g/mol. The number of aromatic hydroxyl groups is 1. The summed E-state index contributed by atoms with van der Waals surface area (Å²) in [5.74, 6) is 0.120. The van der Waals surface area contributed by atoms with Crippen LogP contribution in [0, 0.1) is 0 Å². The summed E-state index contributed by atoms with van der Waals surface area (Å²) < 4.78 is 42.5. The number of rotatable bonds is 7. The zero-order chi connectivity index (χ0) is 25.7. The van der Waals surface area contributed by atoms with Crippen molar-refractivity contribution in [2.24, 2.45) is 0 Å². The number of halogens is 3. The van der Waals surface area contributed by atoms with Gasteiger partial charge in [-0.3, -0.25) is 14.7 Å². The first-order valence-corrected chi connectivity index (χ1v) is 11.5. The van der Waals surface area contributed by atoms with Gasteiger partial charge in [-0.05, 0) is 42.0 Å². The molecule has 190 valence electrons. The van der Waals surface area contributed by atoms with Crippen molar-refractivity contribution in [3.63, 3.8) is 0 Å². The number of anilines is 1. The summed E-state index contributed by atoms with van der Waals surface area (Å²) in [6.07, 6.45) is -1.36. The third-order valence-corrected chi connectivity index (χ3v) is 6.05. The minimum absolute atomic E-state index is 0.104. The molecule has 10 heteroatoms. The second kappa shape index (κ2) is 10.9. The first-order valence-electron chi connectivity index (χ1n) is 11.5. The number of amides is 1.